The summed E-state index contributed by atoms with van der Waals surface area (Å²) in [6.45, 7) is 0. The van der Waals surface area contributed by atoms with Gasteiger partial charge in [-0.25, -0.2) is 0 Å². The molecule has 0 unspecified atom stereocenters. The van der Waals surface area contributed by atoms with Gasteiger partial charge in [0.15, 0.2) is 0 Å². The van der Waals surface area contributed by atoms with Crippen molar-refractivity contribution in [2.75, 3.05) is 0 Å². The molecule has 4 heteroatoms. The van der Waals surface area contributed by atoms with Crippen LogP contribution < -0.4 is 0 Å². The van der Waals surface area contributed by atoms with Crippen molar-refractivity contribution < 1.29 is 13.2 Å². The molecule has 1 heterocycles. The second-order valence-electron chi connectivity index (χ2n) is 2.90. The lowest BCUT2D eigenvalue weighted by molar-refractivity contribution is -0.136. The Morgan fingerprint density at radius 3 is 2.57 bits per heavy atom. The molecule has 1 nitrogen and oxygen atoms in total. The molecule has 72 valence electrons. The number of halogens is 3. The summed E-state index contributed by atoms with van der Waals surface area (Å²) < 4.78 is 37.5. The minimum absolute atomic E-state index is 0.190. The highest BCUT2D eigenvalue weighted by Crippen LogP contribution is 2.34. The van der Waals surface area contributed by atoms with Crippen molar-refractivity contribution in [2.24, 2.45) is 0 Å². The number of rotatable bonds is 0. The van der Waals surface area contributed by atoms with Gasteiger partial charge < -0.3 is 0 Å². The Hall–Kier alpha value is -1.58. The number of benzene rings is 1. The Morgan fingerprint density at radius 1 is 1.07 bits per heavy atom. The molecular weight excluding hydrogens is 191 g/mol. The quantitative estimate of drug-likeness (QED) is 0.631. The number of aromatic nitrogens is 1. The summed E-state index contributed by atoms with van der Waals surface area (Å²) in [5.41, 5.74) is -0.614. The zero-order valence-electron chi connectivity index (χ0n) is 7.05. The molecule has 2 rings (SSSR count). The van der Waals surface area contributed by atoms with E-state index in [2.05, 4.69) is 4.98 Å². The maximum atomic E-state index is 12.5. The standard InChI is InChI=1S/C10H6F3N/c11-10(12,13)9-3-1-2-7-6-14-5-4-8(7)9/h1-6H. The van der Waals surface area contributed by atoms with Gasteiger partial charge in [0.2, 0.25) is 0 Å². The molecule has 0 amide bonds. The molecule has 0 saturated heterocycles. The largest absolute Gasteiger partial charge is 0.417 e. The van der Waals surface area contributed by atoms with Crippen molar-refractivity contribution >= 4 is 10.8 Å². The van der Waals surface area contributed by atoms with Crippen LogP contribution in [0.1, 0.15) is 5.56 Å². The first kappa shape index (κ1) is 8.99. The van der Waals surface area contributed by atoms with Gasteiger partial charge in [-0.2, -0.15) is 13.2 Å². The number of hydrogen-bond acceptors (Lipinski definition) is 1. The molecule has 0 fully saturated rings. The van der Waals surface area contributed by atoms with E-state index < -0.39 is 11.7 Å². The van der Waals surface area contributed by atoms with Crippen LogP contribution in [0.2, 0.25) is 0 Å². The van der Waals surface area contributed by atoms with E-state index in [1.165, 1.54) is 24.5 Å². The van der Waals surface area contributed by atoms with Gasteiger partial charge in [-0.3, -0.25) is 4.98 Å². The lowest BCUT2D eigenvalue weighted by atomic mass is 10.1. The van der Waals surface area contributed by atoms with E-state index >= 15 is 0 Å². The molecule has 2 aromatic rings. The van der Waals surface area contributed by atoms with Crippen LogP contribution in [0.3, 0.4) is 0 Å². The third-order valence-corrected chi connectivity index (χ3v) is 1.99. The van der Waals surface area contributed by atoms with E-state index in [1.54, 1.807) is 6.07 Å². The van der Waals surface area contributed by atoms with Crippen molar-refractivity contribution in [3.05, 3.63) is 42.2 Å². The number of fused-ring (bicyclic) bond motifs is 1. The van der Waals surface area contributed by atoms with E-state index in [0.29, 0.717) is 5.39 Å². The van der Waals surface area contributed by atoms with E-state index in [-0.39, 0.29) is 5.39 Å². The third-order valence-electron chi connectivity index (χ3n) is 1.99. The zero-order valence-corrected chi connectivity index (χ0v) is 7.05. The molecule has 0 spiro atoms. The lowest BCUT2D eigenvalue weighted by Crippen LogP contribution is -2.05. The van der Waals surface area contributed by atoms with E-state index in [1.807, 2.05) is 0 Å². The summed E-state index contributed by atoms with van der Waals surface area (Å²) in [4.78, 5) is 3.77. The topological polar surface area (TPSA) is 12.9 Å². The summed E-state index contributed by atoms with van der Waals surface area (Å²) in [6, 6.07) is 5.44. The molecule has 0 N–H and O–H groups in total. The number of nitrogens with zero attached hydrogens (tertiary/aromatic N) is 1. The van der Waals surface area contributed by atoms with Crippen LogP contribution in [0.25, 0.3) is 10.8 Å². The predicted molar refractivity (Wildman–Crippen MR) is 46.7 cm³/mol. The van der Waals surface area contributed by atoms with Gasteiger partial charge in [-0.05, 0) is 17.5 Å². The molecule has 0 atom stereocenters. The fourth-order valence-electron chi connectivity index (χ4n) is 1.37. The van der Waals surface area contributed by atoms with Crippen molar-refractivity contribution in [3.8, 4) is 0 Å². The van der Waals surface area contributed by atoms with Gasteiger partial charge in [-0.15, -0.1) is 0 Å². The molecule has 0 saturated carbocycles. The first-order chi connectivity index (χ1) is 6.59. The van der Waals surface area contributed by atoms with Gasteiger partial charge in [0.1, 0.15) is 0 Å². The molecule has 0 aliphatic rings. The average Bonchev–Trinajstić information content (AvgIpc) is 2.15. The van der Waals surface area contributed by atoms with Crippen LogP contribution in [0.4, 0.5) is 13.2 Å². The molecular formula is C10H6F3N. The second-order valence-corrected chi connectivity index (χ2v) is 2.90. The van der Waals surface area contributed by atoms with Gasteiger partial charge in [0.25, 0.3) is 0 Å². The summed E-state index contributed by atoms with van der Waals surface area (Å²) in [5.74, 6) is 0. The predicted octanol–water partition coefficient (Wildman–Crippen LogP) is 3.25. The average molecular weight is 197 g/mol. The maximum absolute atomic E-state index is 12.5. The molecule has 1 aromatic carbocycles. The molecule has 1 aromatic heterocycles. The van der Waals surface area contributed by atoms with Crippen LogP contribution in [-0.4, -0.2) is 4.98 Å². The SMILES string of the molecule is FC(F)(F)c1cccc2cnccc12. The van der Waals surface area contributed by atoms with Gasteiger partial charge in [0, 0.05) is 17.8 Å². The summed E-state index contributed by atoms with van der Waals surface area (Å²) >= 11 is 0. The third kappa shape index (κ3) is 1.43. The molecule has 0 aliphatic carbocycles. The minimum Gasteiger partial charge on any atom is -0.264 e. The van der Waals surface area contributed by atoms with Crippen LogP contribution in [0.5, 0.6) is 0 Å². The summed E-state index contributed by atoms with van der Waals surface area (Å²) in [7, 11) is 0. The van der Waals surface area contributed by atoms with Crippen LogP contribution >= 0.6 is 0 Å². The number of hydrogen-bond donors (Lipinski definition) is 0. The second kappa shape index (κ2) is 2.97. The molecule has 0 aliphatic heterocycles. The highest BCUT2D eigenvalue weighted by molar-refractivity contribution is 5.85. The maximum Gasteiger partial charge on any atom is 0.417 e. The summed E-state index contributed by atoms with van der Waals surface area (Å²) in [5, 5.41) is 0.692. The van der Waals surface area contributed by atoms with E-state index in [0.717, 1.165) is 6.07 Å². The Morgan fingerprint density at radius 2 is 1.86 bits per heavy atom. The van der Waals surface area contributed by atoms with E-state index in [9.17, 15) is 13.2 Å². The van der Waals surface area contributed by atoms with Crippen molar-refractivity contribution in [1.29, 1.82) is 0 Å². The number of pyridine rings is 1. The fourth-order valence-corrected chi connectivity index (χ4v) is 1.37. The fraction of sp³-hybridized carbons (Fsp3) is 0.100. The highest BCUT2D eigenvalue weighted by atomic mass is 19.4. The van der Waals surface area contributed by atoms with Crippen LogP contribution in [-0.2, 0) is 6.18 Å². The smallest absolute Gasteiger partial charge is 0.264 e. The Kier molecular flexibility index (Phi) is 1.91. The highest BCUT2D eigenvalue weighted by Gasteiger charge is 2.32. The monoisotopic (exact) mass is 197 g/mol. The Bertz CT molecular complexity index is 457. The minimum atomic E-state index is -4.30. The van der Waals surface area contributed by atoms with E-state index in [4.69, 9.17) is 0 Å². The first-order valence-electron chi connectivity index (χ1n) is 3.99. The normalized spacial score (nSPS) is 11.9. The molecule has 14 heavy (non-hydrogen) atoms. The Labute approximate surface area is 78.2 Å². The number of alkyl halides is 3. The Balaban J connectivity index is 2.78. The lowest BCUT2D eigenvalue weighted by Gasteiger charge is -2.09. The van der Waals surface area contributed by atoms with Crippen molar-refractivity contribution in [2.45, 2.75) is 6.18 Å². The molecule has 0 bridgehead atoms. The van der Waals surface area contributed by atoms with Gasteiger partial charge >= 0.3 is 6.18 Å². The van der Waals surface area contributed by atoms with Crippen molar-refractivity contribution in [1.82, 2.24) is 4.98 Å². The van der Waals surface area contributed by atoms with Crippen LogP contribution in [0, 0.1) is 0 Å². The van der Waals surface area contributed by atoms with Crippen LogP contribution in [0.15, 0.2) is 36.7 Å². The first-order valence-corrected chi connectivity index (χ1v) is 3.99. The molecule has 0 radical (unpaired) electrons. The summed E-state index contributed by atoms with van der Waals surface area (Å²) in [6.07, 6.45) is -1.52. The van der Waals surface area contributed by atoms with Gasteiger partial charge in [-0.1, -0.05) is 12.1 Å². The van der Waals surface area contributed by atoms with Gasteiger partial charge in [0.05, 0.1) is 5.56 Å². The zero-order chi connectivity index (χ0) is 10.2. The van der Waals surface area contributed by atoms with Crippen molar-refractivity contribution in [3.63, 3.8) is 0 Å².